The maximum atomic E-state index is 10.3. The molecule has 0 saturated heterocycles. The summed E-state index contributed by atoms with van der Waals surface area (Å²) in [6, 6.07) is 23.8. The Labute approximate surface area is 236 Å². The number of hydrogen-bond acceptors (Lipinski definition) is 5. The normalized spacial score (nSPS) is 14.7. The molecule has 8 nitrogen and oxygen atoms in total. The average Bonchev–Trinajstić information content (AvgIpc) is 3.70. The summed E-state index contributed by atoms with van der Waals surface area (Å²) in [7, 11) is 0. The molecule has 0 radical (unpaired) electrons. The predicted octanol–water partition coefficient (Wildman–Crippen LogP) is 7.31. The zero-order valence-corrected chi connectivity index (χ0v) is 21.3. The van der Waals surface area contributed by atoms with Crippen LogP contribution in [0.15, 0.2) is 71.3 Å². The maximum absolute atomic E-state index is 10.3. The minimum absolute atomic E-state index is 0.0208. The summed E-state index contributed by atoms with van der Waals surface area (Å²) in [6.07, 6.45) is 0. The van der Waals surface area contributed by atoms with Crippen LogP contribution in [-0.2, 0) is 0 Å². The van der Waals surface area contributed by atoms with Crippen LogP contribution in [0.5, 0.6) is 0 Å². The molecule has 0 bridgehead atoms. The molecule has 0 spiro atoms. The molecular weight excluding hydrogens is 508 g/mol. The van der Waals surface area contributed by atoms with E-state index in [2.05, 4.69) is 32.7 Å². The fraction of sp³-hybridized carbons (Fsp3) is 0.0303. The first-order valence-electron chi connectivity index (χ1n) is 11.7. The Morgan fingerprint density at radius 2 is 1.00 bits per heavy atom. The van der Waals surface area contributed by atoms with Crippen molar-refractivity contribution in [2.75, 3.05) is 0 Å². The van der Waals surface area contributed by atoms with Crippen LogP contribution >= 0.6 is 0 Å². The van der Waals surface area contributed by atoms with E-state index in [1.807, 2.05) is 12.1 Å². The third-order valence-electron chi connectivity index (χ3n) is 6.17. The number of allylic oxidation sites excluding steroid dienone is 5. The van der Waals surface area contributed by atoms with Crippen molar-refractivity contribution in [1.82, 2.24) is 0 Å². The Morgan fingerprint density at radius 3 is 1.44 bits per heavy atom. The van der Waals surface area contributed by atoms with Crippen LogP contribution in [0, 0.1) is 83.3 Å². The van der Waals surface area contributed by atoms with Gasteiger partial charge in [-0.1, -0.05) is 18.2 Å². The van der Waals surface area contributed by atoms with Crippen LogP contribution in [0.1, 0.15) is 38.9 Å². The Balaban J connectivity index is 2.19. The lowest BCUT2D eigenvalue weighted by molar-refractivity contribution is 1.40. The van der Waals surface area contributed by atoms with Gasteiger partial charge < -0.3 is 0 Å². The molecular formula is C33H12N8. The smallest absolute Gasteiger partial charge is 0.201 e. The van der Waals surface area contributed by atoms with Crippen molar-refractivity contribution >= 4 is 28.2 Å². The van der Waals surface area contributed by atoms with E-state index in [4.69, 9.17) is 19.7 Å². The summed E-state index contributed by atoms with van der Waals surface area (Å²) in [5.74, 6) is 0. The summed E-state index contributed by atoms with van der Waals surface area (Å²) in [6.45, 7) is 24.6. The van der Waals surface area contributed by atoms with Gasteiger partial charge in [-0.3, -0.25) is 0 Å². The average molecular weight is 521 g/mol. The first kappa shape index (κ1) is 26.9. The zero-order valence-electron chi connectivity index (χ0n) is 21.3. The van der Waals surface area contributed by atoms with E-state index in [0.29, 0.717) is 16.7 Å². The fourth-order valence-electron chi connectivity index (χ4n) is 4.47. The van der Waals surface area contributed by atoms with Gasteiger partial charge in [0.25, 0.3) is 0 Å². The van der Waals surface area contributed by atoms with Crippen molar-refractivity contribution in [3.05, 3.63) is 145 Å². The Kier molecular flexibility index (Phi) is 7.23. The minimum atomic E-state index is 0.0208. The number of rotatable bonds is 3. The lowest BCUT2D eigenvalue weighted by Gasteiger charge is -2.03. The third kappa shape index (κ3) is 5.01. The van der Waals surface area contributed by atoms with Gasteiger partial charge in [0.15, 0.2) is 11.4 Å². The highest BCUT2D eigenvalue weighted by Crippen LogP contribution is 2.56. The van der Waals surface area contributed by atoms with Crippen molar-refractivity contribution in [2.45, 2.75) is 6.92 Å². The van der Waals surface area contributed by atoms with Gasteiger partial charge in [-0.2, -0.15) is 26.3 Å². The van der Waals surface area contributed by atoms with E-state index < -0.39 is 0 Å². The second kappa shape index (κ2) is 11.0. The van der Waals surface area contributed by atoms with Crippen molar-refractivity contribution in [3.63, 3.8) is 0 Å². The molecule has 0 aliphatic heterocycles. The molecule has 41 heavy (non-hydrogen) atoms. The summed E-state index contributed by atoms with van der Waals surface area (Å²) in [5.41, 5.74) is 3.59. The number of aryl methyl sites for hydroxylation is 1. The van der Waals surface area contributed by atoms with Gasteiger partial charge in [-0.05, 0) is 82.3 Å². The summed E-state index contributed by atoms with van der Waals surface area (Å²) in [5, 5.41) is 49.1. The van der Waals surface area contributed by atoms with Crippen LogP contribution in [0.4, 0.5) is 11.4 Å². The van der Waals surface area contributed by atoms with Crippen molar-refractivity contribution in [1.29, 1.82) is 26.3 Å². The van der Waals surface area contributed by atoms with Crippen LogP contribution in [0.3, 0.4) is 0 Å². The standard InChI is InChI=1S/C33H12N8/c1-19-5-20(14-34)7-23(6-19)28(17-37)30-31(29(18-38)24-8-21(15-35)10-26(12-24)39-2)32(30)33(41-4)25-9-22(16-36)11-27(13-25)40-3/h5-13H,1H3. The van der Waals surface area contributed by atoms with Gasteiger partial charge in [0, 0.05) is 11.1 Å². The van der Waals surface area contributed by atoms with E-state index in [1.54, 1.807) is 19.1 Å². The fourth-order valence-corrected chi connectivity index (χ4v) is 4.47. The van der Waals surface area contributed by atoms with Gasteiger partial charge >= 0.3 is 0 Å². The molecule has 184 valence electrons. The zero-order chi connectivity index (χ0) is 29.7. The molecule has 4 rings (SSSR count). The highest BCUT2D eigenvalue weighted by molar-refractivity contribution is 6.11. The van der Waals surface area contributed by atoms with Crippen molar-refractivity contribution < 1.29 is 0 Å². The molecule has 8 heteroatoms. The number of hydrogen-bond donors (Lipinski definition) is 0. The summed E-state index contributed by atoms with van der Waals surface area (Å²) < 4.78 is 0. The molecule has 1 saturated carbocycles. The van der Waals surface area contributed by atoms with Gasteiger partial charge in [-0.25, -0.2) is 14.5 Å². The molecule has 0 heterocycles. The molecule has 0 unspecified atom stereocenters. The lowest BCUT2D eigenvalue weighted by Crippen LogP contribution is -1.87. The molecule has 1 fully saturated rings. The molecule has 1 aliphatic rings. The molecule has 0 N–H and O–H groups in total. The Bertz CT molecular complexity index is 1960. The first-order valence-corrected chi connectivity index (χ1v) is 11.7. The third-order valence-corrected chi connectivity index (χ3v) is 6.17. The van der Waals surface area contributed by atoms with E-state index in [-0.39, 0.29) is 61.6 Å². The van der Waals surface area contributed by atoms with Crippen LogP contribution in [0.2, 0.25) is 0 Å². The summed E-state index contributed by atoms with van der Waals surface area (Å²) >= 11 is 0. The van der Waals surface area contributed by atoms with Gasteiger partial charge in [0.2, 0.25) is 5.70 Å². The molecule has 0 atom stereocenters. The molecule has 3 aromatic carbocycles. The lowest BCUT2D eigenvalue weighted by atomic mass is 9.99. The van der Waals surface area contributed by atoms with Gasteiger partial charge in [-0.15, -0.1) is 0 Å². The van der Waals surface area contributed by atoms with E-state index in [1.165, 1.54) is 42.5 Å². The van der Waals surface area contributed by atoms with Crippen LogP contribution in [0.25, 0.3) is 31.4 Å². The van der Waals surface area contributed by atoms with E-state index in [0.717, 1.165) is 5.56 Å². The topological polar surface area (TPSA) is 132 Å². The maximum Gasteiger partial charge on any atom is 0.201 e. The highest BCUT2D eigenvalue weighted by Gasteiger charge is 2.41. The van der Waals surface area contributed by atoms with Crippen molar-refractivity contribution in [2.24, 2.45) is 0 Å². The SMILES string of the molecule is [C-]#[N+]C(=C1C(=C(C#N)c2cc(C)cc(C#N)c2)C1=C(C#N)c1cc(C#N)cc([N+]#[C-])c1)c1cc(C#N)cc([N+]#[C-])c1. The highest BCUT2D eigenvalue weighted by atomic mass is 14.7. The molecule has 0 amide bonds. The van der Waals surface area contributed by atoms with Crippen LogP contribution < -0.4 is 0 Å². The largest absolute Gasteiger partial charge is 0.238 e. The predicted molar refractivity (Wildman–Crippen MR) is 149 cm³/mol. The van der Waals surface area contributed by atoms with Crippen LogP contribution in [-0.4, -0.2) is 0 Å². The first-order chi connectivity index (χ1) is 19.8. The monoisotopic (exact) mass is 520 g/mol. The quantitative estimate of drug-likeness (QED) is 0.264. The molecule has 1 aliphatic carbocycles. The molecule has 0 aromatic heterocycles. The number of nitrogens with zero attached hydrogens (tertiary/aromatic N) is 8. The Morgan fingerprint density at radius 1 is 0.561 bits per heavy atom. The molecule has 3 aromatic rings. The number of benzene rings is 3. The minimum Gasteiger partial charge on any atom is -0.238 e. The van der Waals surface area contributed by atoms with Gasteiger partial charge in [0.1, 0.15) is 12.1 Å². The second-order valence-electron chi connectivity index (χ2n) is 8.74. The van der Waals surface area contributed by atoms with Gasteiger partial charge in [0.05, 0.1) is 54.6 Å². The summed E-state index contributed by atoms with van der Waals surface area (Å²) in [4.78, 5) is 10.5. The Hall–Kier alpha value is -7.20. The van der Waals surface area contributed by atoms with E-state index in [9.17, 15) is 26.3 Å². The number of nitriles is 5. The van der Waals surface area contributed by atoms with E-state index >= 15 is 0 Å². The second-order valence-corrected chi connectivity index (χ2v) is 8.74. The van der Waals surface area contributed by atoms with Crippen molar-refractivity contribution in [3.8, 4) is 30.3 Å².